The Morgan fingerprint density at radius 3 is 2.27 bits per heavy atom. The number of nitrogens with two attached hydrogens (primary N) is 1. The lowest BCUT2D eigenvalue weighted by Gasteiger charge is -2.28. The van der Waals surface area contributed by atoms with E-state index in [2.05, 4.69) is 6.92 Å². The van der Waals surface area contributed by atoms with Crippen molar-refractivity contribution in [2.24, 2.45) is 17.1 Å². The summed E-state index contributed by atoms with van der Waals surface area (Å²) < 4.78 is 0. The molecular weight excluding hydrogens is 134 g/mol. The molecule has 11 heavy (non-hydrogen) atoms. The van der Waals surface area contributed by atoms with Gasteiger partial charge in [-0.05, 0) is 43.4 Å². The third kappa shape index (κ3) is 1.20. The molecule has 2 saturated carbocycles. The fourth-order valence-corrected chi connectivity index (χ4v) is 2.61. The second kappa shape index (κ2) is 2.48. The Hall–Kier alpha value is -0.0400. The maximum Gasteiger partial charge on any atom is 0.0102 e. The molecule has 2 aliphatic carbocycles. The summed E-state index contributed by atoms with van der Waals surface area (Å²) in [7, 11) is 0. The van der Waals surface area contributed by atoms with E-state index in [0.29, 0.717) is 11.5 Å². The molecule has 64 valence electrons. The van der Waals surface area contributed by atoms with E-state index in [1.807, 2.05) is 0 Å². The van der Waals surface area contributed by atoms with Crippen molar-refractivity contribution in [3.05, 3.63) is 0 Å². The van der Waals surface area contributed by atoms with Crippen LogP contribution in [-0.4, -0.2) is 6.04 Å². The molecule has 1 atom stereocenters. The normalized spacial score (nSPS) is 49.6. The van der Waals surface area contributed by atoms with Gasteiger partial charge in [0.1, 0.15) is 0 Å². The Kier molecular flexibility index (Phi) is 1.71. The van der Waals surface area contributed by atoms with Crippen LogP contribution in [0.1, 0.15) is 45.4 Å². The van der Waals surface area contributed by atoms with Crippen molar-refractivity contribution in [2.45, 2.75) is 51.5 Å². The molecule has 1 nitrogen and oxygen atoms in total. The molecule has 0 aromatic carbocycles. The van der Waals surface area contributed by atoms with Crippen LogP contribution in [0.2, 0.25) is 0 Å². The molecule has 2 N–H and O–H groups in total. The van der Waals surface area contributed by atoms with Crippen molar-refractivity contribution < 1.29 is 0 Å². The van der Waals surface area contributed by atoms with Crippen LogP contribution in [0.4, 0.5) is 0 Å². The predicted molar refractivity (Wildman–Crippen MR) is 47.3 cm³/mol. The Labute approximate surface area is 69.4 Å². The summed E-state index contributed by atoms with van der Waals surface area (Å²) in [5.41, 5.74) is 6.56. The molecule has 0 aromatic heterocycles. The third-order valence-electron chi connectivity index (χ3n) is 3.93. The highest BCUT2D eigenvalue weighted by atomic mass is 14.8. The molecule has 1 spiro atoms. The molecule has 2 aliphatic rings. The standard InChI is InChI=1S/C10H19N/c1-2-8-3-5-10(6-4-8)7-9(10)11/h8-9H,2-7,11H2,1H3/t8?,9-,10?/m1/s1. The molecule has 0 radical (unpaired) electrons. The summed E-state index contributed by atoms with van der Waals surface area (Å²) in [6.45, 7) is 2.31. The molecule has 0 unspecified atom stereocenters. The molecule has 0 saturated heterocycles. The van der Waals surface area contributed by atoms with E-state index in [-0.39, 0.29) is 0 Å². The molecule has 1 heteroatoms. The van der Waals surface area contributed by atoms with Crippen LogP contribution in [0.15, 0.2) is 0 Å². The highest BCUT2D eigenvalue weighted by Crippen LogP contribution is 2.56. The zero-order valence-electron chi connectivity index (χ0n) is 7.47. The van der Waals surface area contributed by atoms with E-state index in [1.165, 1.54) is 38.5 Å². The Morgan fingerprint density at radius 2 is 1.91 bits per heavy atom. The van der Waals surface area contributed by atoms with Gasteiger partial charge in [0.2, 0.25) is 0 Å². The van der Waals surface area contributed by atoms with Gasteiger partial charge in [-0.3, -0.25) is 0 Å². The first kappa shape index (κ1) is 7.60. The van der Waals surface area contributed by atoms with E-state index in [4.69, 9.17) is 5.73 Å². The SMILES string of the molecule is CCC1CCC2(CC1)C[C@H]2N. The first-order chi connectivity index (χ1) is 5.27. The van der Waals surface area contributed by atoms with Crippen LogP contribution in [0.25, 0.3) is 0 Å². The summed E-state index contributed by atoms with van der Waals surface area (Å²) in [6, 6.07) is 0.570. The fraction of sp³-hybridized carbons (Fsp3) is 1.00. The lowest BCUT2D eigenvalue weighted by molar-refractivity contribution is 0.246. The summed E-state index contributed by atoms with van der Waals surface area (Å²) in [4.78, 5) is 0. The van der Waals surface area contributed by atoms with Gasteiger partial charge >= 0.3 is 0 Å². The number of hydrogen-bond acceptors (Lipinski definition) is 1. The monoisotopic (exact) mass is 153 g/mol. The van der Waals surface area contributed by atoms with Gasteiger partial charge in [0, 0.05) is 6.04 Å². The van der Waals surface area contributed by atoms with Crippen LogP contribution in [0, 0.1) is 11.3 Å². The van der Waals surface area contributed by atoms with Gasteiger partial charge in [-0.25, -0.2) is 0 Å². The first-order valence-electron chi connectivity index (χ1n) is 5.02. The second-order valence-corrected chi connectivity index (χ2v) is 4.52. The zero-order valence-corrected chi connectivity index (χ0v) is 7.47. The smallest absolute Gasteiger partial charge is 0.0102 e. The molecule has 0 amide bonds. The molecule has 2 fully saturated rings. The average Bonchev–Trinajstić information content (AvgIpc) is 2.64. The van der Waals surface area contributed by atoms with Crippen molar-refractivity contribution in [1.82, 2.24) is 0 Å². The van der Waals surface area contributed by atoms with Crippen molar-refractivity contribution >= 4 is 0 Å². The van der Waals surface area contributed by atoms with Crippen LogP contribution in [0.5, 0.6) is 0 Å². The minimum Gasteiger partial charge on any atom is -0.327 e. The van der Waals surface area contributed by atoms with Gasteiger partial charge in [0.25, 0.3) is 0 Å². The molecule has 0 aromatic rings. The Balaban J connectivity index is 1.86. The quantitative estimate of drug-likeness (QED) is 0.614. The Bertz CT molecular complexity index is 145. The molecule has 2 rings (SSSR count). The maximum atomic E-state index is 5.92. The lowest BCUT2D eigenvalue weighted by Crippen LogP contribution is -2.21. The van der Waals surface area contributed by atoms with Crippen molar-refractivity contribution in [1.29, 1.82) is 0 Å². The van der Waals surface area contributed by atoms with Crippen LogP contribution < -0.4 is 5.73 Å². The van der Waals surface area contributed by atoms with Crippen molar-refractivity contribution in [3.8, 4) is 0 Å². The molecular formula is C10H19N. The Morgan fingerprint density at radius 1 is 1.36 bits per heavy atom. The van der Waals surface area contributed by atoms with E-state index >= 15 is 0 Å². The summed E-state index contributed by atoms with van der Waals surface area (Å²) in [5, 5.41) is 0. The zero-order chi connectivity index (χ0) is 7.90. The third-order valence-corrected chi connectivity index (χ3v) is 3.93. The van der Waals surface area contributed by atoms with Gasteiger partial charge in [0.05, 0.1) is 0 Å². The van der Waals surface area contributed by atoms with Gasteiger partial charge in [0.15, 0.2) is 0 Å². The maximum absolute atomic E-state index is 5.92. The van der Waals surface area contributed by atoms with Gasteiger partial charge in [-0.15, -0.1) is 0 Å². The van der Waals surface area contributed by atoms with E-state index < -0.39 is 0 Å². The molecule has 0 aliphatic heterocycles. The molecule has 0 heterocycles. The van der Waals surface area contributed by atoms with Crippen molar-refractivity contribution in [3.63, 3.8) is 0 Å². The van der Waals surface area contributed by atoms with E-state index in [9.17, 15) is 0 Å². The minimum atomic E-state index is 0.570. The van der Waals surface area contributed by atoms with Crippen LogP contribution in [-0.2, 0) is 0 Å². The molecule has 0 bridgehead atoms. The van der Waals surface area contributed by atoms with E-state index in [1.54, 1.807) is 0 Å². The average molecular weight is 153 g/mol. The summed E-state index contributed by atoms with van der Waals surface area (Å²) in [6.07, 6.45) is 8.45. The topological polar surface area (TPSA) is 26.0 Å². The number of rotatable bonds is 1. The highest BCUT2D eigenvalue weighted by molar-refractivity contribution is 5.07. The summed E-state index contributed by atoms with van der Waals surface area (Å²) >= 11 is 0. The van der Waals surface area contributed by atoms with E-state index in [0.717, 1.165) is 5.92 Å². The highest BCUT2D eigenvalue weighted by Gasteiger charge is 2.52. The minimum absolute atomic E-state index is 0.570. The summed E-state index contributed by atoms with van der Waals surface area (Å²) in [5.74, 6) is 1.02. The fourth-order valence-electron chi connectivity index (χ4n) is 2.61. The number of hydrogen-bond donors (Lipinski definition) is 1. The first-order valence-corrected chi connectivity index (χ1v) is 5.02. The van der Waals surface area contributed by atoms with Crippen LogP contribution in [0.3, 0.4) is 0 Å². The second-order valence-electron chi connectivity index (χ2n) is 4.52. The van der Waals surface area contributed by atoms with Crippen LogP contribution >= 0.6 is 0 Å². The predicted octanol–water partition coefficient (Wildman–Crippen LogP) is 2.30. The largest absolute Gasteiger partial charge is 0.327 e. The van der Waals surface area contributed by atoms with Gasteiger partial charge in [-0.2, -0.15) is 0 Å². The van der Waals surface area contributed by atoms with Crippen molar-refractivity contribution in [2.75, 3.05) is 0 Å². The lowest BCUT2D eigenvalue weighted by atomic mass is 9.78. The van der Waals surface area contributed by atoms with Gasteiger partial charge < -0.3 is 5.73 Å². The van der Waals surface area contributed by atoms with Gasteiger partial charge in [-0.1, -0.05) is 13.3 Å².